The highest BCUT2D eigenvalue weighted by Crippen LogP contribution is 2.44. The molecular formula is C40H56O. The first kappa shape index (κ1) is 35.9. The van der Waals surface area contributed by atoms with Gasteiger partial charge >= 0.3 is 0 Å². The van der Waals surface area contributed by atoms with Gasteiger partial charge < -0.3 is 5.11 Å². The van der Waals surface area contributed by atoms with Crippen LogP contribution in [0.15, 0.2) is 143 Å². The number of hydrogen-bond donors (Lipinski definition) is 1. The Balaban J connectivity index is 2.59. The van der Waals surface area contributed by atoms with E-state index < -0.39 is 5.60 Å². The van der Waals surface area contributed by atoms with Crippen molar-refractivity contribution < 1.29 is 5.11 Å². The highest BCUT2D eigenvalue weighted by molar-refractivity contribution is 5.32. The van der Waals surface area contributed by atoms with Crippen LogP contribution in [0.2, 0.25) is 0 Å². The molecule has 1 nitrogen and oxygen atoms in total. The molecule has 0 amide bonds. The molecule has 1 aliphatic rings. The molecule has 1 saturated carbocycles. The monoisotopic (exact) mass is 552 g/mol. The zero-order valence-electron chi connectivity index (χ0n) is 27.4. The van der Waals surface area contributed by atoms with E-state index >= 15 is 0 Å². The maximum absolute atomic E-state index is 10.8. The Morgan fingerprint density at radius 2 is 1.17 bits per heavy atom. The van der Waals surface area contributed by atoms with Gasteiger partial charge in [0.15, 0.2) is 0 Å². The lowest BCUT2D eigenvalue weighted by atomic mass is 9.83. The minimum atomic E-state index is -0.653. The summed E-state index contributed by atoms with van der Waals surface area (Å²) in [5, 5.41) is 10.8. The predicted octanol–water partition coefficient (Wildman–Crippen LogP) is 11.6. The summed E-state index contributed by atoms with van der Waals surface area (Å²) in [5.41, 5.74) is 8.07. The Hall–Kier alpha value is -3.16. The molecule has 0 radical (unpaired) electrons. The van der Waals surface area contributed by atoms with Crippen molar-refractivity contribution in [1.82, 2.24) is 0 Å². The van der Waals surface area contributed by atoms with Gasteiger partial charge in [0.1, 0.15) is 0 Å². The van der Waals surface area contributed by atoms with E-state index in [0.29, 0.717) is 5.92 Å². The van der Waals surface area contributed by atoms with Gasteiger partial charge in [-0.25, -0.2) is 0 Å². The van der Waals surface area contributed by atoms with Gasteiger partial charge in [-0.05, 0) is 93.9 Å². The summed E-state index contributed by atoms with van der Waals surface area (Å²) in [6.45, 7) is 23.1. The second-order valence-electron chi connectivity index (χ2n) is 12.2. The summed E-state index contributed by atoms with van der Waals surface area (Å²) >= 11 is 0. The summed E-state index contributed by atoms with van der Waals surface area (Å²) < 4.78 is 0. The molecule has 1 rings (SSSR count). The average molecular weight is 553 g/mol. The minimum Gasteiger partial charge on any atom is -0.390 e. The molecule has 0 spiro atoms. The number of rotatable bonds is 14. The standard InChI is InChI=1S/C40H56O/c1-31(2)17-13-20-35(7)23-15-25-36(8)24-14-21-33(5)18-11-12-19-34(6)22-16-26-37(9)27-28-39-38(32(3)4)29-30-40(39,10)41/h11-12,14-19,21-28,38-39,41H,3,13,20,29-30H2,1-2,4-10H3. The Bertz CT molecular complexity index is 1190. The maximum atomic E-state index is 10.8. The molecule has 3 unspecified atom stereocenters. The van der Waals surface area contributed by atoms with Crippen LogP contribution in [0.25, 0.3) is 0 Å². The summed E-state index contributed by atoms with van der Waals surface area (Å²) in [7, 11) is 0. The molecule has 0 aromatic rings. The summed E-state index contributed by atoms with van der Waals surface area (Å²) in [5.74, 6) is 0.485. The van der Waals surface area contributed by atoms with E-state index in [1.165, 1.54) is 33.4 Å². The van der Waals surface area contributed by atoms with Crippen LogP contribution < -0.4 is 0 Å². The van der Waals surface area contributed by atoms with Gasteiger partial charge in [-0.15, -0.1) is 0 Å². The second kappa shape index (κ2) is 19.1. The fourth-order valence-corrected chi connectivity index (χ4v) is 4.75. The first-order valence-electron chi connectivity index (χ1n) is 15.1. The first-order chi connectivity index (χ1) is 19.3. The second-order valence-corrected chi connectivity index (χ2v) is 12.2. The molecule has 0 saturated heterocycles. The van der Waals surface area contributed by atoms with Gasteiger partial charge in [-0.1, -0.05) is 143 Å². The average Bonchev–Trinajstić information content (AvgIpc) is 3.19. The van der Waals surface area contributed by atoms with Gasteiger partial charge in [-0.2, -0.15) is 0 Å². The van der Waals surface area contributed by atoms with Crippen molar-refractivity contribution in [2.75, 3.05) is 0 Å². The van der Waals surface area contributed by atoms with Crippen LogP contribution in [0.5, 0.6) is 0 Å². The quantitative estimate of drug-likeness (QED) is 0.168. The van der Waals surface area contributed by atoms with Crippen molar-refractivity contribution in [2.24, 2.45) is 11.8 Å². The first-order valence-corrected chi connectivity index (χ1v) is 15.1. The molecule has 0 heterocycles. The third-order valence-corrected chi connectivity index (χ3v) is 7.41. The molecule has 0 aromatic heterocycles. The van der Waals surface area contributed by atoms with Crippen LogP contribution in [0.4, 0.5) is 0 Å². The SMILES string of the molecule is C=C(C)C1CCC(C)(O)C1C=CC(C)=CC=CC(C)=CC=CC=C(C)C=CC=C(C)C=CC=C(C)CCC=C(C)C. The molecule has 1 heteroatoms. The van der Waals surface area contributed by atoms with Crippen molar-refractivity contribution in [2.45, 2.75) is 93.6 Å². The van der Waals surface area contributed by atoms with Crippen molar-refractivity contribution in [1.29, 1.82) is 0 Å². The smallest absolute Gasteiger partial charge is 0.0688 e. The summed E-state index contributed by atoms with van der Waals surface area (Å²) in [6, 6.07) is 0. The molecule has 0 bridgehead atoms. The molecule has 3 atom stereocenters. The molecule has 1 N–H and O–H groups in total. The lowest BCUT2D eigenvalue weighted by molar-refractivity contribution is 0.0331. The van der Waals surface area contributed by atoms with E-state index in [4.69, 9.17) is 0 Å². The number of hydrogen-bond acceptors (Lipinski definition) is 1. The van der Waals surface area contributed by atoms with Gasteiger partial charge in [0.2, 0.25) is 0 Å². The third kappa shape index (κ3) is 16.0. The Kier molecular flexibility index (Phi) is 16.7. The molecule has 222 valence electrons. The topological polar surface area (TPSA) is 20.2 Å². The van der Waals surface area contributed by atoms with E-state index in [1.807, 2.05) is 6.92 Å². The van der Waals surface area contributed by atoms with Crippen molar-refractivity contribution in [3.8, 4) is 0 Å². The van der Waals surface area contributed by atoms with Crippen LogP contribution >= 0.6 is 0 Å². The van der Waals surface area contributed by atoms with Gasteiger partial charge in [-0.3, -0.25) is 0 Å². The van der Waals surface area contributed by atoms with Gasteiger partial charge in [0.25, 0.3) is 0 Å². The molecule has 41 heavy (non-hydrogen) atoms. The normalized spacial score (nSPS) is 23.8. The third-order valence-electron chi connectivity index (χ3n) is 7.41. The van der Waals surface area contributed by atoms with E-state index in [0.717, 1.165) is 31.3 Å². The lowest BCUT2D eigenvalue weighted by Gasteiger charge is -2.27. The Labute approximate surface area is 252 Å². The van der Waals surface area contributed by atoms with E-state index in [2.05, 4.69) is 159 Å². The number of allylic oxidation sites excluding steroid dienone is 22. The maximum Gasteiger partial charge on any atom is 0.0688 e. The van der Waals surface area contributed by atoms with Crippen LogP contribution in [-0.2, 0) is 0 Å². The zero-order valence-corrected chi connectivity index (χ0v) is 27.4. The lowest BCUT2D eigenvalue weighted by Crippen LogP contribution is -2.30. The largest absolute Gasteiger partial charge is 0.390 e. The van der Waals surface area contributed by atoms with Crippen LogP contribution in [-0.4, -0.2) is 10.7 Å². The van der Waals surface area contributed by atoms with Crippen LogP contribution in [0.1, 0.15) is 88.0 Å². The summed E-state index contributed by atoms with van der Waals surface area (Å²) in [4.78, 5) is 0. The Morgan fingerprint density at radius 1 is 0.707 bits per heavy atom. The zero-order chi connectivity index (χ0) is 30.8. The van der Waals surface area contributed by atoms with Crippen LogP contribution in [0, 0.1) is 11.8 Å². The Morgan fingerprint density at radius 3 is 1.66 bits per heavy atom. The number of aliphatic hydroxyl groups is 1. The predicted molar refractivity (Wildman–Crippen MR) is 185 cm³/mol. The fraction of sp³-hybridized carbons (Fsp3) is 0.400. The van der Waals surface area contributed by atoms with Crippen LogP contribution in [0.3, 0.4) is 0 Å². The molecular weight excluding hydrogens is 496 g/mol. The molecule has 1 fully saturated rings. The molecule has 0 aromatic carbocycles. The summed E-state index contributed by atoms with van der Waals surface area (Å²) in [6.07, 6.45) is 38.2. The van der Waals surface area contributed by atoms with E-state index in [-0.39, 0.29) is 5.92 Å². The molecule has 1 aliphatic carbocycles. The minimum absolute atomic E-state index is 0.127. The van der Waals surface area contributed by atoms with Crippen molar-refractivity contribution in [3.05, 3.63) is 143 Å². The highest BCUT2D eigenvalue weighted by Gasteiger charge is 2.42. The van der Waals surface area contributed by atoms with E-state index in [1.54, 1.807) is 0 Å². The fourth-order valence-electron chi connectivity index (χ4n) is 4.75. The molecule has 0 aliphatic heterocycles. The van der Waals surface area contributed by atoms with Gasteiger partial charge in [0, 0.05) is 5.92 Å². The van der Waals surface area contributed by atoms with Gasteiger partial charge in [0.05, 0.1) is 5.60 Å². The highest BCUT2D eigenvalue weighted by atomic mass is 16.3. The van der Waals surface area contributed by atoms with Crippen molar-refractivity contribution >= 4 is 0 Å². The van der Waals surface area contributed by atoms with E-state index in [9.17, 15) is 5.11 Å². The van der Waals surface area contributed by atoms with Crippen molar-refractivity contribution in [3.63, 3.8) is 0 Å².